The SMILES string of the molecule is Cn1cc(-c2cc3c(cn2)[C@]2(CC3)NC(=O)N(CC(=O)N3CCOc4ccc(F)cc4C3)C2=O)cn1. The summed E-state index contributed by atoms with van der Waals surface area (Å²) in [5, 5.41) is 7.00. The van der Waals surface area contributed by atoms with Crippen molar-refractivity contribution in [3.05, 3.63) is 65.4 Å². The van der Waals surface area contributed by atoms with Crippen LogP contribution in [-0.4, -0.2) is 62.1 Å². The Morgan fingerprint density at radius 3 is 2.89 bits per heavy atom. The number of benzene rings is 1. The van der Waals surface area contributed by atoms with Crippen LogP contribution in [0.15, 0.2) is 42.9 Å². The van der Waals surface area contributed by atoms with E-state index in [0.29, 0.717) is 29.7 Å². The van der Waals surface area contributed by atoms with Crippen molar-refractivity contribution in [3.63, 3.8) is 0 Å². The van der Waals surface area contributed by atoms with E-state index in [1.54, 1.807) is 17.1 Å². The van der Waals surface area contributed by atoms with Gasteiger partial charge in [-0.05, 0) is 42.7 Å². The largest absolute Gasteiger partial charge is 0.491 e. The van der Waals surface area contributed by atoms with E-state index < -0.39 is 35.7 Å². The first-order valence-electron chi connectivity index (χ1n) is 11.7. The van der Waals surface area contributed by atoms with Crippen LogP contribution in [0.4, 0.5) is 9.18 Å². The Morgan fingerprint density at radius 2 is 2.08 bits per heavy atom. The number of halogens is 1. The Morgan fingerprint density at radius 1 is 1.22 bits per heavy atom. The van der Waals surface area contributed by atoms with Gasteiger partial charge in [-0.1, -0.05) is 0 Å². The summed E-state index contributed by atoms with van der Waals surface area (Å²) >= 11 is 0. The van der Waals surface area contributed by atoms with Gasteiger partial charge in [-0.2, -0.15) is 5.10 Å². The number of aromatic nitrogens is 3. The molecule has 1 aromatic carbocycles. The Balaban J connectivity index is 1.22. The van der Waals surface area contributed by atoms with Gasteiger partial charge in [0.2, 0.25) is 5.91 Å². The molecule has 36 heavy (non-hydrogen) atoms. The van der Waals surface area contributed by atoms with Crippen LogP contribution >= 0.6 is 0 Å². The maximum Gasteiger partial charge on any atom is 0.325 e. The fourth-order valence-corrected chi connectivity index (χ4v) is 5.19. The van der Waals surface area contributed by atoms with Crippen LogP contribution in [0, 0.1) is 5.82 Å². The molecule has 1 fully saturated rings. The lowest BCUT2D eigenvalue weighted by Gasteiger charge is -2.24. The molecule has 3 aromatic rings. The molecule has 0 bridgehead atoms. The van der Waals surface area contributed by atoms with Crippen LogP contribution in [0.25, 0.3) is 11.3 Å². The van der Waals surface area contributed by atoms with Crippen molar-refractivity contribution in [2.45, 2.75) is 24.9 Å². The summed E-state index contributed by atoms with van der Waals surface area (Å²) < 4.78 is 21.0. The van der Waals surface area contributed by atoms with E-state index in [4.69, 9.17) is 4.74 Å². The summed E-state index contributed by atoms with van der Waals surface area (Å²) in [5.41, 5.74) is 2.48. The molecule has 1 saturated heterocycles. The highest BCUT2D eigenvalue weighted by Gasteiger charge is 2.56. The van der Waals surface area contributed by atoms with Gasteiger partial charge < -0.3 is 15.0 Å². The quantitative estimate of drug-likeness (QED) is 0.560. The van der Waals surface area contributed by atoms with Gasteiger partial charge in [0.15, 0.2) is 0 Å². The normalized spacial score (nSPS) is 20.7. The van der Waals surface area contributed by atoms with Gasteiger partial charge in [0.25, 0.3) is 5.91 Å². The van der Waals surface area contributed by atoms with Crippen LogP contribution in [-0.2, 0) is 35.1 Å². The summed E-state index contributed by atoms with van der Waals surface area (Å²) in [5.74, 6) is -0.795. The second kappa shape index (κ2) is 8.14. The van der Waals surface area contributed by atoms with E-state index in [9.17, 15) is 18.8 Å². The predicted molar refractivity (Wildman–Crippen MR) is 124 cm³/mol. The number of rotatable bonds is 3. The molecule has 3 aliphatic rings. The van der Waals surface area contributed by atoms with E-state index in [2.05, 4.69) is 15.4 Å². The monoisotopic (exact) mass is 490 g/mol. The lowest BCUT2D eigenvalue weighted by Crippen LogP contribution is -2.45. The highest BCUT2D eigenvalue weighted by atomic mass is 19.1. The van der Waals surface area contributed by atoms with Crippen LogP contribution in [0.5, 0.6) is 5.75 Å². The number of amides is 4. The number of hydrogen-bond acceptors (Lipinski definition) is 6. The second-order valence-electron chi connectivity index (χ2n) is 9.27. The molecule has 0 unspecified atom stereocenters. The van der Waals surface area contributed by atoms with E-state index in [1.165, 1.54) is 23.1 Å². The van der Waals surface area contributed by atoms with Gasteiger partial charge in [-0.3, -0.25) is 24.2 Å². The molecule has 10 nitrogen and oxygen atoms in total. The minimum Gasteiger partial charge on any atom is -0.491 e. The van der Waals surface area contributed by atoms with E-state index >= 15 is 0 Å². The molecular weight excluding hydrogens is 467 g/mol. The third-order valence-electron chi connectivity index (χ3n) is 7.04. The fourth-order valence-electron chi connectivity index (χ4n) is 5.19. The zero-order valence-electron chi connectivity index (χ0n) is 19.5. The number of carbonyl (C=O) groups excluding carboxylic acids is 3. The molecule has 4 amide bonds. The van der Waals surface area contributed by atoms with Crippen LogP contribution in [0.3, 0.4) is 0 Å². The molecule has 1 N–H and O–H groups in total. The summed E-state index contributed by atoms with van der Waals surface area (Å²) in [6, 6.07) is 5.46. The second-order valence-corrected chi connectivity index (χ2v) is 9.27. The summed E-state index contributed by atoms with van der Waals surface area (Å²) in [6.45, 7) is 0.207. The number of nitrogens with zero attached hydrogens (tertiary/aromatic N) is 5. The number of fused-ring (bicyclic) bond motifs is 3. The lowest BCUT2D eigenvalue weighted by atomic mass is 9.92. The first-order chi connectivity index (χ1) is 17.3. The van der Waals surface area contributed by atoms with Crippen molar-refractivity contribution in [3.8, 4) is 17.0 Å². The van der Waals surface area contributed by atoms with Crippen molar-refractivity contribution < 1.29 is 23.5 Å². The first kappa shape index (κ1) is 22.2. The highest BCUT2D eigenvalue weighted by Crippen LogP contribution is 2.42. The molecule has 11 heteroatoms. The van der Waals surface area contributed by atoms with Gasteiger partial charge in [0.1, 0.15) is 30.3 Å². The highest BCUT2D eigenvalue weighted by molar-refractivity contribution is 6.10. The minimum absolute atomic E-state index is 0.130. The minimum atomic E-state index is -1.23. The van der Waals surface area contributed by atoms with Crippen molar-refractivity contribution in [1.82, 2.24) is 29.9 Å². The van der Waals surface area contributed by atoms with Gasteiger partial charge >= 0.3 is 6.03 Å². The zero-order valence-corrected chi connectivity index (χ0v) is 19.5. The maximum absolute atomic E-state index is 13.7. The van der Waals surface area contributed by atoms with Gasteiger partial charge in [0.05, 0.1) is 18.4 Å². The molecule has 0 radical (unpaired) electrons. The van der Waals surface area contributed by atoms with Crippen LogP contribution in [0.2, 0.25) is 0 Å². The van der Waals surface area contributed by atoms with Crippen molar-refractivity contribution >= 4 is 17.8 Å². The average Bonchev–Trinajstić information content (AvgIpc) is 3.46. The number of hydrogen-bond donors (Lipinski definition) is 1. The molecule has 1 spiro atoms. The van der Waals surface area contributed by atoms with E-state index in [1.807, 2.05) is 19.3 Å². The third-order valence-corrected chi connectivity index (χ3v) is 7.04. The summed E-state index contributed by atoms with van der Waals surface area (Å²) in [6.07, 6.45) is 6.18. The van der Waals surface area contributed by atoms with E-state index in [-0.39, 0.29) is 19.7 Å². The Bertz CT molecular complexity index is 1420. The smallest absolute Gasteiger partial charge is 0.325 e. The number of nitrogens with one attached hydrogen (secondary N) is 1. The molecular formula is C25H23FN6O4. The number of imide groups is 1. The van der Waals surface area contributed by atoms with Crippen molar-refractivity contribution in [1.29, 1.82) is 0 Å². The molecule has 184 valence electrons. The number of aryl methyl sites for hydroxylation is 2. The average molecular weight is 490 g/mol. The van der Waals surface area contributed by atoms with Crippen molar-refractivity contribution in [2.24, 2.45) is 7.05 Å². The topological polar surface area (TPSA) is 110 Å². The number of carbonyl (C=O) groups is 3. The Labute approximate surface area is 205 Å². The van der Waals surface area contributed by atoms with Gasteiger partial charge in [0, 0.05) is 42.7 Å². The predicted octanol–water partition coefficient (Wildman–Crippen LogP) is 1.74. The van der Waals surface area contributed by atoms with Gasteiger partial charge in [-0.15, -0.1) is 0 Å². The number of urea groups is 1. The molecule has 1 atom stereocenters. The zero-order chi connectivity index (χ0) is 25.0. The van der Waals surface area contributed by atoms with Crippen LogP contribution in [0.1, 0.15) is 23.1 Å². The molecule has 6 rings (SSSR count). The molecule has 2 aromatic heterocycles. The number of ether oxygens (including phenoxy) is 1. The first-order valence-corrected chi connectivity index (χ1v) is 11.7. The third kappa shape index (κ3) is 3.50. The standard InChI is InChI=1S/C25H23FN6O4/c1-30-12-17(10-28-30)20-9-15-4-5-25(19(15)11-27-20)23(34)32(24(35)29-25)14-22(33)31-6-7-36-21-3-2-18(26)8-16(21)13-31/h2-3,8-12H,4-7,13-14H2,1H3,(H,29,35)/t25-/m0/s1. The Kier molecular flexibility index (Phi) is 5.02. The van der Waals surface area contributed by atoms with E-state index in [0.717, 1.165) is 21.7 Å². The lowest BCUT2D eigenvalue weighted by molar-refractivity contribution is -0.139. The summed E-state index contributed by atoms with van der Waals surface area (Å²) in [4.78, 5) is 46.5. The maximum atomic E-state index is 13.7. The van der Waals surface area contributed by atoms with Crippen molar-refractivity contribution in [2.75, 3.05) is 19.7 Å². The molecule has 1 aliphatic carbocycles. The Hall–Kier alpha value is -4.28. The van der Waals surface area contributed by atoms with Crippen LogP contribution < -0.4 is 10.1 Å². The number of pyridine rings is 1. The van der Waals surface area contributed by atoms with Gasteiger partial charge in [-0.25, -0.2) is 9.18 Å². The molecule has 4 heterocycles. The summed E-state index contributed by atoms with van der Waals surface area (Å²) in [7, 11) is 1.82. The fraction of sp³-hybridized carbons (Fsp3) is 0.320. The molecule has 0 saturated carbocycles. The molecule has 2 aliphatic heterocycles.